The zero-order valence-electron chi connectivity index (χ0n) is 9.95. The Balaban J connectivity index is 2.87. The highest BCUT2D eigenvalue weighted by Crippen LogP contribution is 2.30. The van der Waals surface area contributed by atoms with Gasteiger partial charge in [0.25, 0.3) is 0 Å². The fourth-order valence-electron chi connectivity index (χ4n) is 1.40. The quantitative estimate of drug-likeness (QED) is 0.876. The predicted octanol–water partition coefficient (Wildman–Crippen LogP) is 2.26. The van der Waals surface area contributed by atoms with Gasteiger partial charge in [0.1, 0.15) is 6.10 Å². The Labute approximate surface area is 103 Å². The zero-order chi connectivity index (χ0) is 13.9. The number of amides is 1. The predicted molar refractivity (Wildman–Crippen MR) is 59.7 cm³/mol. The molecule has 0 fully saturated rings. The Morgan fingerprint density at radius 3 is 2.44 bits per heavy atom. The van der Waals surface area contributed by atoms with E-state index in [0.29, 0.717) is 5.56 Å². The molecule has 0 aliphatic heterocycles. The van der Waals surface area contributed by atoms with Crippen molar-refractivity contribution in [2.24, 2.45) is 0 Å². The molecule has 1 aromatic rings. The summed E-state index contributed by atoms with van der Waals surface area (Å²) in [5, 5.41) is 11.4. The average molecular weight is 261 g/mol. The first-order valence-electron chi connectivity index (χ1n) is 5.37. The van der Waals surface area contributed by atoms with E-state index in [4.69, 9.17) is 5.11 Å². The van der Waals surface area contributed by atoms with Crippen LogP contribution in [-0.2, 0) is 11.0 Å². The Kier molecular flexibility index (Phi) is 4.34. The zero-order valence-corrected chi connectivity index (χ0v) is 9.95. The molecule has 0 heterocycles. The van der Waals surface area contributed by atoms with Crippen molar-refractivity contribution >= 4 is 5.91 Å². The summed E-state index contributed by atoms with van der Waals surface area (Å²) in [6.45, 7) is 2.84. The van der Waals surface area contributed by atoms with Gasteiger partial charge in [-0.1, -0.05) is 12.1 Å². The minimum atomic E-state index is -4.41. The van der Waals surface area contributed by atoms with Gasteiger partial charge in [-0.25, -0.2) is 0 Å². The second-order valence-electron chi connectivity index (χ2n) is 4.03. The molecule has 100 valence electrons. The van der Waals surface area contributed by atoms with E-state index >= 15 is 0 Å². The first-order valence-corrected chi connectivity index (χ1v) is 5.37. The number of nitrogens with one attached hydrogen (secondary N) is 1. The molecule has 0 saturated heterocycles. The van der Waals surface area contributed by atoms with Crippen LogP contribution in [0, 0.1) is 0 Å². The third-order valence-corrected chi connectivity index (χ3v) is 2.45. The highest BCUT2D eigenvalue weighted by atomic mass is 19.4. The van der Waals surface area contributed by atoms with Crippen LogP contribution in [0.15, 0.2) is 24.3 Å². The van der Waals surface area contributed by atoms with Crippen molar-refractivity contribution in [3.8, 4) is 0 Å². The number of aliphatic hydroxyl groups excluding tert-OH is 1. The second kappa shape index (κ2) is 5.39. The van der Waals surface area contributed by atoms with Gasteiger partial charge in [-0.15, -0.1) is 0 Å². The van der Waals surface area contributed by atoms with Gasteiger partial charge in [0.2, 0.25) is 5.91 Å². The van der Waals surface area contributed by atoms with Gasteiger partial charge in [-0.05, 0) is 31.5 Å². The smallest absolute Gasteiger partial charge is 0.384 e. The van der Waals surface area contributed by atoms with Crippen LogP contribution in [0.25, 0.3) is 0 Å². The molecule has 3 nitrogen and oxygen atoms in total. The standard InChI is InChI=1S/C12H14F3NO2/c1-7(16-11(18)8(2)17)9-4-3-5-10(6-9)12(13,14)15/h3-8,17H,1-2H3,(H,16,18). The van der Waals surface area contributed by atoms with E-state index in [1.807, 2.05) is 0 Å². The number of halogens is 3. The van der Waals surface area contributed by atoms with Gasteiger partial charge >= 0.3 is 6.18 Å². The van der Waals surface area contributed by atoms with Crippen molar-refractivity contribution in [1.29, 1.82) is 0 Å². The topological polar surface area (TPSA) is 49.3 Å². The van der Waals surface area contributed by atoms with Crippen LogP contribution in [0.1, 0.15) is 31.0 Å². The fraction of sp³-hybridized carbons (Fsp3) is 0.417. The third kappa shape index (κ3) is 3.73. The summed E-state index contributed by atoms with van der Waals surface area (Å²) in [7, 11) is 0. The minimum Gasteiger partial charge on any atom is -0.384 e. The highest BCUT2D eigenvalue weighted by Gasteiger charge is 2.30. The van der Waals surface area contributed by atoms with E-state index in [1.54, 1.807) is 6.92 Å². The van der Waals surface area contributed by atoms with Crippen molar-refractivity contribution in [3.63, 3.8) is 0 Å². The Morgan fingerprint density at radius 2 is 1.94 bits per heavy atom. The van der Waals surface area contributed by atoms with Crippen LogP contribution in [-0.4, -0.2) is 17.1 Å². The SMILES string of the molecule is CC(O)C(=O)NC(C)c1cccc(C(F)(F)F)c1. The molecule has 2 N–H and O–H groups in total. The van der Waals surface area contributed by atoms with E-state index < -0.39 is 29.8 Å². The molecule has 0 bridgehead atoms. The normalized spacial score (nSPS) is 15.0. The summed E-state index contributed by atoms with van der Waals surface area (Å²) in [5.41, 5.74) is -0.433. The third-order valence-electron chi connectivity index (χ3n) is 2.45. The summed E-state index contributed by atoms with van der Waals surface area (Å²) in [6, 6.07) is 4.11. The molecule has 2 atom stereocenters. The lowest BCUT2D eigenvalue weighted by Crippen LogP contribution is -2.34. The Morgan fingerprint density at radius 1 is 1.33 bits per heavy atom. The maximum atomic E-state index is 12.5. The summed E-state index contributed by atoms with van der Waals surface area (Å²) < 4.78 is 37.5. The molecule has 0 spiro atoms. The summed E-state index contributed by atoms with van der Waals surface area (Å²) in [6.07, 6.45) is -5.61. The van der Waals surface area contributed by atoms with Gasteiger partial charge in [0, 0.05) is 0 Å². The molecule has 0 saturated carbocycles. The first kappa shape index (κ1) is 14.5. The van der Waals surface area contributed by atoms with Crippen molar-refractivity contribution in [2.75, 3.05) is 0 Å². The lowest BCUT2D eigenvalue weighted by atomic mass is 10.0. The number of alkyl halides is 3. The highest BCUT2D eigenvalue weighted by molar-refractivity contribution is 5.80. The van der Waals surface area contributed by atoms with Gasteiger partial charge in [-0.2, -0.15) is 13.2 Å². The minimum absolute atomic E-state index is 0.332. The average Bonchev–Trinajstić information content (AvgIpc) is 2.27. The summed E-state index contributed by atoms with van der Waals surface area (Å²) >= 11 is 0. The van der Waals surface area contributed by atoms with E-state index in [-0.39, 0.29) is 0 Å². The van der Waals surface area contributed by atoms with Crippen LogP contribution in [0.2, 0.25) is 0 Å². The monoisotopic (exact) mass is 261 g/mol. The number of carbonyl (C=O) groups excluding carboxylic acids is 1. The van der Waals surface area contributed by atoms with Gasteiger partial charge < -0.3 is 10.4 Å². The van der Waals surface area contributed by atoms with Crippen LogP contribution in [0.4, 0.5) is 13.2 Å². The molecule has 1 rings (SSSR count). The molecule has 0 aliphatic rings. The molecule has 2 unspecified atom stereocenters. The number of benzene rings is 1. The first-order chi connectivity index (χ1) is 8.21. The van der Waals surface area contributed by atoms with Crippen molar-refractivity contribution in [1.82, 2.24) is 5.32 Å². The van der Waals surface area contributed by atoms with Crippen LogP contribution in [0.3, 0.4) is 0 Å². The van der Waals surface area contributed by atoms with Crippen molar-refractivity contribution < 1.29 is 23.1 Å². The molecule has 0 aliphatic carbocycles. The largest absolute Gasteiger partial charge is 0.416 e. The molecular weight excluding hydrogens is 247 g/mol. The lowest BCUT2D eigenvalue weighted by molar-refractivity contribution is -0.137. The van der Waals surface area contributed by atoms with Crippen LogP contribution >= 0.6 is 0 Å². The van der Waals surface area contributed by atoms with Crippen molar-refractivity contribution in [3.05, 3.63) is 35.4 Å². The van der Waals surface area contributed by atoms with Gasteiger partial charge in [-0.3, -0.25) is 4.79 Å². The van der Waals surface area contributed by atoms with E-state index in [2.05, 4.69) is 5.32 Å². The maximum Gasteiger partial charge on any atom is 0.416 e. The lowest BCUT2D eigenvalue weighted by Gasteiger charge is -2.17. The maximum absolute atomic E-state index is 12.5. The fourth-order valence-corrected chi connectivity index (χ4v) is 1.40. The molecule has 0 aromatic heterocycles. The summed E-state index contributed by atoms with van der Waals surface area (Å²) in [4.78, 5) is 11.2. The molecule has 18 heavy (non-hydrogen) atoms. The van der Waals surface area contributed by atoms with Gasteiger partial charge in [0.15, 0.2) is 0 Å². The number of hydrogen-bond acceptors (Lipinski definition) is 2. The number of aliphatic hydroxyl groups is 1. The summed E-state index contributed by atoms with van der Waals surface area (Å²) in [5.74, 6) is -0.625. The molecule has 0 radical (unpaired) electrons. The Bertz CT molecular complexity index is 430. The van der Waals surface area contributed by atoms with Gasteiger partial charge in [0.05, 0.1) is 11.6 Å². The van der Waals surface area contributed by atoms with E-state index in [9.17, 15) is 18.0 Å². The molecular formula is C12H14F3NO2. The number of carbonyl (C=O) groups is 1. The van der Waals surface area contributed by atoms with E-state index in [0.717, 1.165) is 12.1 Å². The number of rotatable bonds is 3. The second-order valence-corrected chi connectivity index (χ2v) is 4.03. The molecule has 1 amide bonds. The van der Waals surface area contributed by atoms with E-state index in [1.165, 1.54) is 19.1 Å². The molecule has 6 heteroatoms. The Hall–Kier alpha value is -1.56. The van der Waals surface area contributed by atoms with Crippen LogP contribution in [0.5, 0.6) is 0 Å². The number of hydrogen-bond donors (Lipinski definition) is 2. The van der Waals surface area contributed by atoms with Crippen LogP contribution < -0.4 is 5.32 Å². The molecule has 1 aromatic carbocycles. The van der Waals surface area contributed by atoms with Crippen molar-refractivity contribution in [2.45, 2.75) is 32.2 Å².